The number of ether oxygens (including phenoxy) is 1. The molecule has 0 N–H and O–H groups in total. The number of hydrogen-bond donors (Lipinski definition) is 0. The fraction of sp³-hybridized carbons (Fsp3) is 0.417. The molecule has 0 radical (unpaired) electrons. The topological polar surface area (TPSA) is 29.5 Å². The van der Waals surface area contributed by atoms with E-state index in [4.69, 9.17) is 4.74 Å². The van der Waals surface area contributed by atoms with Crippen LogP contribution in [0.4, 0.5) is 4.39 Å². The molecule has 1 aromatic carbocycles. The Labute approximate surface area is 108 Å². The Morgan fingerprint density at radius 2 is 2.35 bits per heavy atom. The van der Waals surface area contributed by atoms with Crippen LogP contribution in [0.1, 0.15) is 17.3 Å². The Morgan fingerprint density at radius 3 is 3.06 bits per heavy atom. The lowest BCUT2D eigenvalue weighted by atomic mass is 10.1. The van der Waals surface area contributed by atoms with Crippen molar-refractivity contribution in [2.45, 2.75) is 13.0 Å². The van der Waals surface area contributed by atoms with Crippen LogP contribution < -0.4 is 0 Å². The van der Waals surface area contributed by atoms with Crippen molar-refractivity contribution in [1.29, 1.82) is 0 Å². The van der Waals surface area contributed by atoms with Crippen LogP contribution in [0.5, 0.6) is 0 Å². The molecule has 5 heteroatoms. The molecular weight excluding hydrogens is 289 g/mol. The van der Waals surface area contributed by atoms with Gasteiger partial charge in [0.15, 0.2) is 0 Å². The van der Waals surface area contributed by atoms with Gasteiger partial charge in [0.1, 0.15) is 5.82 Å². The number of hydrogen-bond acceptors (Lipinski definition) is 2. The molecule has 2 rings (SSSR count). The molecule has 1 atom stereocenters. The summed E-state index contributed by atoms with van der Waals surface area (Å²) in [6, 6.07) is 4.72. The maximum Gasteiger partial charge on any atom is 0.257 e. The maximum atomic E-state index is 13.8. The van der Waals surface area contributed by atoms with Gasteiger partial charge in [-0.05, 0) is 35.0 Å². The van der Waals surface area contributed by atoms with Crippen molar-refractivity contribution in [3.8, 4) is 0 Å². The quantitative estimate of drug-likeness (QED) is 0.797. The van der Waals surface area contributed by atoms with Gasteiger partial charge in [0, 0.05) is 6.54 Å². The second kappa shape index (κ2) is 5.14. The highest BCUT2D eigenvalue weighted by Gasteiger charge is 2.26. The first-order chi connectivity index (χ1) is 8.11. The van der Waals surface area contributed by atoms with Crippen LogP contribution in [0.3, 0.4) is 0 Å². The highest BCUT2D eigenvalue weighted by Crippen LogP contribution is 2.21. The van der Waals surface area contributed by atoms with E-state index in [1.54, 1.807) is 17.0 Å². The molecule has 0 aromatic heterocycles. The van der Waals surface area contributed by atoms with Gasteiger partial charge >= 0.3 is 0 Å². The van der Waals surface area contributed by atoms with E-state index >= 15 is 0 Å². The van der Waals surface area contributed by atoms with Crippen molar-refractivity contribution in [3.63, 3.8) is 0 Å². The number of carbonyl (C=O) groups excluding carboxylic acids is 1. The number of nitrogens with zero attached hydrogens (tertiary/aromatic N) is 1. The zero-order valence-electron chi connectivity index (χ0n) is 9.45. The average Bonchev–Trinajstić information content (AvgIpc) is 2.32. The normalized spacial score (nSPS) is 20.4. The van der Waals surface area contributed by atoms with Crippen LogP contribution in [0.25, 0.3) is 0 Å². The van der Waals surface area contributed by atoms with Gasteiger partial charge in [-0.1, -0.05) is 6.07 Å². The van der Waals surface area contributed by atoms with Crippen LogP contribution in [0.15, 0.2) is 22.7 Å². The molecule has 0 saturated carbocycles. The van der Waals surface area contributed by atoms with Gasteiger partial charge in [-0.2, -0.15) is 0 Å². The number of benzene rings is 1. The summed E-state index contributed by atoms with van der Waals surface area (Å²) in [5, 5.41) is 0. The summed E-state index contributed by atoms with van der Waals surface area (Å²) in [6.07, 6.45) is 0. The molecule has 1 aromatic rings. The van der Waals surface area contributed by atoms with Gasteiger partial charge in [-0.15, -0.1) is 0 Å². The zero-order chi connectivity index (χ0) is 12.4. The molecule has 3 nitrogen and oxygen atoms in total. The molecule has 0 aliphatic carbocycles. The first-order valence-corrected chi connectivity index (χ1v) is 6.23. The highest BCUT2D eigenvalue weighted by atomic mass is 79.9. The van der Waals surface area contributed by atoms with Gasteiger partial charge in [0.25, 0.3) is 5.91 Å². The Balaban J connectivity index is 2.27. The standard InChI is InChI=1S/C12H13BrFNO2/c1-8-7-17-6-5-15(8)12(16)9-3-2-4-10(13)11(9)14/h2-4,8H,5-7H2,1H3/t8-/m1/s1. The molecule has 1 fully saturated rings. The maximum absolute atomic E-state index is 13.8. The Hall–Kier alpha value is -0.940. The van der Waals surface area contributed by atoms with E-state index in [0.29, 0.717) is 24.2 Å². The van der Waals surface area contributed by atoms with Gasteiger partial charge in [0.05, 0.1) is 29.3 Å². The number of morpholine rings is 1. The summed E-state index contributed by atoms with van der Waals surface area (Å²) in [5.74, 6) is -0.782. The van der Waals surface area contributed by atoms with Crippen LogP contribution in [-0.4, -0.2) is 36.6 Å². The Bertz CT molecular complexity index is 439. The van der Waals surface area contributed by atoms with Gasteiger partial charge in [-0.25, -0.2) is 4.39 Å². The molecule has 1 saturated heterocycles. The molecule has 92 valence electrons. The molecule has 0 unspecified atom stereocenters. The molecule has 0 bridgehead atoms. The van der Waals surface area contributed by atoms with E-state index in [1.807, 2.05) is 6.92 Å². The van der Waals surface area contributed by atoms with Crippen molar-refractivity contribution >= 4 is 21.8 Å². The fourth-order valence-corrected chi connectivity index (χ4v) is 2.22. The summed E-state index contributed by atoms with van der Waals surface area (Å²) in [6.45, 7) is 3.41. The summed E-state index contributed by atoms with van der Waals surface area (Å²) >= 11 is 3.08. The molecule has 1 aliphatic rings. The predicted octanol–water partition coefficient (Wildman–Crippen LogP) is 2.45. The monoisotopic (exact) mass is 301 g/mol. The minimum atomic E-state index is -0.504. The Kier molecular flexibility index (Phi) is 3.79. The average molecular weight is 302 g/mol. The van der Waals surface area contributed by atoms with E-state index < -0.39 is 5.82 Å². The first-order valence-electron chi connectivity index (χ1n) is 5.44. The van der Waals surface area contributed by atoms with Crippen molar-refractivity contribution in [2.75, 3.05) is 19.8 Å². The van der Waals surface area contributed by atoms with E-state index in [9.17, 15) is 9.18 Å². The Morgan fingerprint density at radius 1 is 1.59 bits per heavy atom. The number of rotatable bonds is 1. The number of carbonyl (C=O) groups is 1. The number of halogens is 2. The predicted molar refractivity (Wildman–Crippen MR) is 65.4 cm³/mol. The minimum Gasteiger partial charge on any atom is -0.377 e. The summed E-state index contributed by atoms with van der Waals surface area (Å²) in [7, 11) is 0. The molecule has 17 heavy (non-hydrogen) atoms. The van der Waals surface area contributed by atoms with Crippen molar-refractivity contribution in [3.05, 3.63) is 34.1 Å². The lowest BCUT2D eigenvalue weighted by Crippen LogP contribution is -2.47. The van der Waals surface area contributed by atoms with Gasteiger partial charge in [0.2, 0.25) is 0 Å². The summed E-state index contributed by atoms with van der Waals surface area (Å²) in [5.41, 5.74) is 0.105. The van der Waals surface area contributed by atoms with Crippen molar-refractivity contribution in [2.24, 2.45) is 0 Å². The van der Waals surface area contributed by atoms with E-state index in [0.717, 1.165) is 0 Å². The fourth-order valence-electron chi connectivity index (χ4n) is 1.85. The molecule has 1 aliphatic heterocycles. The number of amides is 1. The van der Waals surface area contributed by atoms with Crippen LogP contribution in [-0.2, 0) is 4.74 Å². The zero-order valence-corrected chi connectivity index (χ0v) is 11.0. The van der Waals surface area contributed by atoms with Crippen LogP contribution in [0, 0.1) is 5.82 Å². The van der Waals surface area contributed by atoms with E-state index in [2.05, 4.69) is 15.9 Å². The largest absolute Gasteiger partial charge is 0.377 e. The molecule has 1 amide bonds. The lowest BCUT2D eigenvalue weighted by Gasteiger charge is -2.33. The van der Waals surface area contributed by atoms with Gasteiger partial charge in [-0.3, -0.25) is 4.79 Å². The SMILES string of the molecule is C[C@@H]1COCCN1C(=O)c1cccc(Br)c1F. The van der Waals surface area contributed by atoms with E-state index in [-0.39, 0.29) is 17.5 Å². The van der Waals surface area contributed by atoms with E-state index in [1.165, 1.54) is 6.07 Å². The van der Waals surface area contributed by atoms with Crippen molar-refractivity contribution < 1.29 is 13.9 Å². The van der Waals surface area contributed by atoms with Crippen LogP contribution in [0.2, 0.25) is 0 Å². The smallest absolute Gasteiger partial charge is 0.257 e. The molecule has 1 heterocycles. The first kappa shape index (κ1) is 12.5. The third-order valence-electron chi connectivity index (χ3n) is 2.81. The third-order valence-corrected chi connectivity index (χ3v) is 3.42. The van der Waals surface area contributed by atoms with Crippen LogP contribution >= 0.6 is 15.9 Å². The second-order valence-corrected chi connectivity index (χ2v) is 4.88. The highest BCUT2D eigenvalue weighted by molar-refractivity contribution is 9.10. The van der Waals surface area contributed by atoms with Crippen molar-refractivity contribution in [1.82, 2.24) is 4.90 Å². The molecule has 0 spiro atoms. The lowest BCUT2D eigenvalue weighted by molar-refractivity contribution is 0.00334. The second-order valence-electron chi connectivity index (χ2n) is 4.02. The van der Waals surface area contributed by atoms with Gasteiger partial charge < -0.3 is 9.64 Å². The minimum absolute atomic E-state index is 0.0189. The summed E-state index contributed by atoms with van der Waals surface area (Å²) in [4.78, 5) is 13.8. The molecular formula is C12H13BrFNO2. The third kappa shape index (κ3) is 2.50. The summed E-state index contributed by atoms with van der Waals surface area (Å²) < 4.78 is 19.4.